The average Bonchev–Trinajstić information content (AvgIpc) is 2.91. The maximum atomic E-state index is 12.3. The summed E-state index contributed by atoms with van der Waals surface area (Å²) in [6.07, 6.45) is 3.46. The molecule has 1 aromatic carbocycles. The third kappa shape index (κ3) is 4.97. The van der Waals surface area contributed by atoms with Gasteiger partial charge in [0.15, 0.2) is 11.6 Å². The van der Waals surface area contributed by atoms with E-state index in [0.717, 1.165) is 23.5 Å². The minimum absolute atomic E-state index is 0.110. The number of ether oxygens (including phenoxy) is 2. The average molecular weight is 476 g/mol. The zero-order chi connectivity index (χ0) is 24.2. The van der Waals surface area contributed by atoms with E-state index in [-0.39, 0.29) is 5.91 Å². The SMILES string of the molecule is COc1c(Nc2cccnc2)nc(N2CCOCC2)nc1-c1cccc(N2CCN(C)C(=O)C2)c1. The van der Waals surface area contributed by atoms with Crippen LogP contribution in [0, 0.1) is 0 Å². The van der Waals surface area contributed by atoms with Gasteiger partial charge in [0.05, 0.1) is 38.8 Å². The molecule has 35 heavy (non-hydrogen) atoms. The molecular formula is C25H29N7O3. The third-order valence-corrected chi connectivity index (χ3v) is 6.22. The molecule has 5 rings (SSSR count). The van der Waals surface area contributed by atoms with Crippen LogP contribution in [-0.4, -0.2) is 85.9 Å². The number of piperazine rings is 1. The second kappa shape index (κ2) is 10.1. The molecule has 2 aliphatic rings. The van der Waals surface area contributed by atoms with Crippen LogP contribution < -0.4 is 19.9 Å². The Bertz CT molecular complexity index is 1180. The Balaban J connectivity index is 1.56. The first-order chi connectivity index (χ1) is 17.1. The summed E-state index contributed by atoms with van der Waals surface area (Å²) < 4.78 is 11.4. The summed E-state index contributed by atoms with van der Waals surface area (Å²) in [7, 11) is 3.46. The predicted molar refractivity (Wildman–Crippen MR) is 134 cm³/mol. The molecule has 2 aliphatic heterocycles. The van der Waals surface area contributed by atoms with Crippen LogP contribution in [0.3, 0.4) is 0 Å². The van der Waals surface area contributed by atoms with Crippen LogP contribution in [0.1, 0.15) is 0 Å². The molecule has 4 heterocycles. The van der Waals surface area contributed by atoms with E-state index in [4.69, 9.17) is 19.4 Å². The number of pyridine rings is 1. The van der Waals surface area contributed by atoms with Crippen molar-refractivity contribution in [2.24, 2.45) is 0 Å². The molecule has 1 N–H and O–H groups in total. The number of nitrogens with zero attached hydrogens (tertiary/aromatic N) is 6. The maximum Gasteiger partial charge on any atom is 0.241 e. The number of carbonyl (C=O) groups excluding carboxylic acids is 1. The summed E-state index contributed by atoms with van der Waals surface area (Å²) in [5.74, 6) is 1.82. The number of nitrogens with one attached hydrogen (secondary N) is 1. The zero-order valence-corrected chi connectivity index (χ0v) is 20.0. The van der Waals surface area contributed by atoms with Crippen molar-refractivity contribution < 1.29 is 14.3 Å². The van der Waals surface area contributed by atoms with Gasteiger partial charge in [0.2, 0.25) is 11.9 Å². The number of likely N-dealkylation sites (N-methyl/N-ethyl adjacent to an activating group) is 1. The van der Waals surface area contributed by atoms with Gasteiger partial charge in [-0.25, -0.2) is 4.98 Å². The van der Waals surface area contributed by atoms with E-state index >= 15 is 0 Å². The highest BCUT2D eigenvalue weighted by Gasteiger charge is 2.24. The van der Waals surface area contributed by atoms with Gasteiger partial charge in [0.1, 0.15) is 5.69 Å². The fourth-order valence-corrected chi connectivity index (χ4v) is 4.22. The number of morpholine rings is 1. The van der Waals surface area contributed by atoms with E-state index in [1.165, 1.54) is 0 Å². The lowest BCUT2D eigenvalue weighted by atomic mass is 10.1. The van der Waals surface area contributed by atoms with Gasteiger partial charge in [-0.2, -0.15) is 4.98 Å². The van der Waals surface area contributed by atoms with Gasteiger partial charge in [-0.3, -0.25) is 9.78 Å². The Morgan fingerprint density at radius 1 is 1.03 bits per heavy atom. The fourth-order valence-electron chi connectivity index (χ4n) is 4.22. The van der Waals surface area contributed by atoms with Crippen molar-refractivity contribution in [3.63, 3.8) is 0 Å². The van der Waals surface area contributed by atoms with Crippen molar-refractivity contribution in [1.29, 1.82) is 0 Å². The Labute approximate surface area is 204 Å². The monoisotopic (exact) mass is 475 g/mol. The van der Waals surface area contributed by atoms with Gasteiger partial charge >= 0.3 is 0 Å². The molecule has 0 atom stereocenters. The molecule has 10 nitrogen and oxygen atoms in total. The predicted octanol–water partition coefficient (Wildman–Crippen LogP) is 2.41. The van der Waals surface area contributed by atoms with E-state index in [2.05, 4.69) is 26.2 Å². The number of amides is 1. The van der Waals surface area contributed by atoms with Crippen LogP contribution in [0.2, 0.25) is 0 Å². The highest BCUT2D eigenvalue weighted by molar-refractivity contribution is 5.84. The molecule has 2 saturated heterocycles. The number of carbonyl (C=O) groups is 1. The summed E-state index contributed by atoms with van der Waals surface area (Å²) in [5, 5.41) is 3.34. The molecule has 1 amide bonds. The van der Waals surface area contributed by atoms with Gasteiger partial charge < -0.3 is 29.5 Å². The van der Waals surface area contributed by atoms with Gasteiger partial charge in [0, 0.05) is 50.7 Å². The third-order valence-electron chi connectivity index (χ3n) is 6.22. The van der Waals surface area contributed by atoms with E-state index < -0.39 is 0 Å². The van der Waals surface area contributed by atoms with E-state index in [9.17, 15) is 4.79 Å². The highest BCUT2D eigenvalue weighted by atomic mass is 16.5. The summed E-state index contributed by atoms with van der Waals surface area (Å²) in [6.45, 7) is 4.50. The number of hydrogen-bond donors (Lipinski definition) is 1. The largest absolute Gasteiger partial charge is 0.491 e. The Hall–Kier alpha value is -3.92. The molecule has 0 spiro atoms. The lowest BCUT2D eigenvalue weighted by Crippen LogP contribution is -2.48. The highest BCUT2D eigenvalue weighted by Crippen LogP contribution is 2.38. The smallest absolute Gasteiger partial charge is 0.241 e. The van der Waals surface area contributed by atoms with Gasteiger partial charge in [-0.05, 0) is 24.3 Å². The zero-order valence-electron chi connectivity index (χ0n) is 20.0. The first kappa shape index (κ1) is 22.9. The van der Waals surface area contributed by atoms with Crippen LogP contribution in [0.25, 0.3) is 11.3 Å². The van der Waals surface area contributed by atoms with E-state index in [0.29, 0.717) is 62.6 Å². The second-order valence-corrected chi connectivity index (χ2v) is 8.51. The molecule has 2 aromatic heterocycles. The van der Waals surface area contributed by atoms with Crippen molar-refractivity contribution in [2.75, 3.05) is 75.2 Å². The first-order valence-electron chi connectivity index (χ1n) is 11.7. The summed E-state index contributed by atoms with van der Waals surface area (Å²) in [4.78, 5) is 32.2. The fraction of sp³-hybridized carbons (Fsp3) is 0.360. The lowest BCUT2D eigenvalue weighted by Gasteiger charge is -2.33. The molecule has 2 fully saturated rings. The molecule has 3 aromatic rings. The normalized spacial score (nSPS) is 16.4. The number of rotatable bonds is 6. The maximum absolute atomic E-state index is 12.3. The van der Waals surface area contributed by atoms with Gasteiger partial charge in [-0.1, -0.05) is 12.1 Å². The standard InChI is InChI=1S/C25H29N7O3/c1-30-9-10-32(17-21(30)33)20-7-3-5-18(15-20)22-23(34-2)24(27-19-6-4-8-26-16-19)29-25(28-22)31-11-13-35-14-12-31/h3-8,15-16H,9-14,17H2,1-2H3,(H,27,28,29). The van der Waals surface area contributed by atoms with Gasteiger partial charge in [0.25, 0.3) is 0 Å². The van der Waals surface area contributed by atoms with Crippen LogP contribution in [0.4, 0.5) is 23.1 Å². The summed E-state index contributed by atoms with van der Waals surface area (Å²) in [5.41, 5.74) is 3.34. The quantitative estimate of drug-likeness (QED) is 0.577. The Morgan fingerprint density at radius 3 is 2.63 bits per heavy atom. The molecule has 10 heteroatoms. The molecule has 0 bridgehead atoms. The van der Waals surface area contributed by atoms with Crippen LogP contribution >= 0.6 is 0 Å². The lowest BCUT2D eigenvalue weighted by molar-refractivity contribution is -0.129. The van der Waals surface area contributed by atoms with E-state index in [1.54, 1.807) is 24.4 Å². The number of benzene rings is 1. The van der Waals surface area contributed by atoms with Crippen molar-refractivity contribution in [3.8, 4) is 17.0 Å². The molecule has 182 valence electrons. The summed E-state index contributed by atoms with van der Waals surface area (Å²) >= 11 is 0. The Kier molecular flexibility index (Phi) is 6.62. The summed E-state index contributed by atoms with van der Waals surface area (Å²) in [6, 6.07) is 11.9. The molecule has 0 radical (unpaired) electrons. The molecule has 0 aliphatic carbocycles. The number of methoxy groups -OCH3 is 1. The second-order valence-electron chi connectivity index (χ2n) is 8.51. The van der Waals surface area contributed by atoms with Crippen LogP contribution in [0.15, 0.2) is 48.8 Å². The topological polar surface area (TPSA) is 95.9 Å². The minimum Gasteiger partial charge on any atom is -0.491 e. The molecule has 0 unspecified atom stereocenters. The van der Waals surface area contributed by atoms with Crippen molar-refractivity contribution in [1.82, 2.24) is 19.9 Å². The molecular weight excluding hydrogens is 446 g/mol. The van der Waals surface area contributed by atoms with Crippen molar-refractivity contribution in [3.05, 3.63) is 48.8 Å². The molecule has 0 saturated carbocycles. The van der Waals surface area contributed by atoms with Crippen LogP contribution in [-0.2, 0) is 9.53 Å². The van der Waals surface area contributed by atoms with Gasteiger partial charge in [-0.15, -0.1) is 0 Å². The van der Waals surface area contributed by atoms with Crippen molar-refractivity contribution in [2.45, 2.75) is 0 Å². The first-order valence-corrected chi connectivity index (χ1v) is 11.7. The number of hydrogen-bond acceptors (Lipinski definition) is 9. The minimum atomic E-state index is 0.110. The van der Waals surface area contributed by atoms with Crippen molar-refractivity contribution >= 4 is 29.0 Å². The Morgan fingerprint density at radius 2 is 1.89 bits per heavy atom. The number of aromatic nitrogens is 3. The van der Waals surface area contributed by atoms with E-state index in [1.807, 2.05) is 37.4 Å². The number of anilines is 4. The van der Waals surface area contributed by atoms with Crippen LogP contribution in [0.5, 0.6) is 5.75 Å².